The van der Waals surface area contributed by atoms with Crippen LogP contribution >= 0.6 is 11.8 Å². The Morgan fingerprint density at radius 3 is 2.60 bits per heavy atom. The predicted molar refractivity (Wildman–Crippen MR) is 84.9 cm³/mol. The van der Waals surface area contributed by atoms with Crippen LogP contribution in [0.15, 0.2) is 18.2 Å². The molecule has 6 heteroatoms. The Balaban J connectivity index is 2.88. The van der Waals surface area contributed by atoms with E-state index in [2.05, 4.69) is 18.5 Å². The van der Waals surface area contributed by atoms with E-state index in [1.165, 1.54) is 6.07 Å². The van der Waals surface area contributed by atoms with Crippen molar-refractivity contribution in [2.45, 2.75) is 39.3 Å². The minimum Gasteiger partial charge on any atom is -0.491 e. The van der Waals surface area contributed by atoms with Gasteiger partial charge in [-0.2, -0.15) is 11.8 Å². The molecule has 0 saturated carbocycles. The van der Waals surface area contributed by atoms with E-state index >= 15 is 0 Å². The number of nitrogens with zero attached hydrogens (tertiary/aromatic N) is 1. The van der Waals surface area contributed by atoms with Crippen molar-refractivity contribution in [3.8, 4) is 5.75 Å². The van der Waals surface area contributed by atoms with E-state index in [9.17, 15) is 10.1 Å². The zero-order valence-electron chi connectivity index (χ0n) is 12.4. The van der Waals surface area contributed by atoms with Crippen molar-refractivity contribution in [3.05, 3.63) is 28.3 Å². The Bertz CT molecular complexity index is 452. The van der Waals surface area contributed by atoms with Crippen molar-refractivity contribution in [2.24, 2.45) is 0 Å². The van der Waals surface area contributed by atoms with E-state index in [0.717, 1.165) is 17.9 Å². The second-order valence-corrected chi connectivity index (χ2v) is 5.95. The highest BCUT2D eigenvalue weighted by Gasteiger charge is 2.12. The molecule has 112 valence electrons. The van der Waals surface area contributed by atoms with Gasteiger partial charge in [0.05, 0.1) is 17.1 Å². The van der Waals surface area contributed by atoms with Gasteiger partial charge in [-0.15, -0.1) is 0 Å². The predicted octanol–water partition coefficient (Wildman–Crippen LogP) is 3.94. The molecule has 0 aromatic heterocycles. The molecule has 1 rings (SSSR count). The van der Waals surface area contributed by atoms with Crippen molar-refractivity contribution >= 4 is 23.1 Å². The molecule has 0 heterocycles. The van der Waals surface area contributed by atoms with Gasteiger partial charge in [-0.05, 0) is 39.2 Å². The first-order chi connectivity index (χ1) is 9.42. The highest BCUT2D eigenvalue weighted by molar-refractivity contribution is 7.98. The van der Waals surface area contributed by atoms with Crippen LogP contribution in [0.5, 0.6) is 5.75 Å². The van der Waals surface area contributed by atoms with Gasteiger partial charge in [-0.1, -0.05) is 0 Å². The Morgan fingerprint density at radius 2 is 2.05 bits per heavy atom. The van der Waals surface area contributed by atoms with Gasteiger partial charge in [-0.3, -0.25) is 10.1 Å². The molecule has 0 radical (unpaired) electrons. The second-order valence-electron chi connectivity index (χ2n) is 4.97. The molecular weight excluding hydrogens is 276 g/mol. The molecule has 0 bridgehead atoms. The van der Waals surface area contributed by atoms with Crippen LogP contribution in [0.4, 0.5) is 11.4 Å². The van der Waals surface area contributed by atoms with Gasteiger partial charge in [0.2, 0.25) is 0 Å². The standard InChI is InChI=1S/C14H22N2O3S/c1-10(2)19-14-8-12(7-13(9-14)16(17)18)15-11(3)5-6-20-4/h7-11,15H,5-6H2,1-4H3. The number of ether oxygens (including phenoxy) is 1. The minimum absolute atomic E-state index is 0.0150. The summed E-state index contributed by atoms with van der Waals surface area (Å²) in [5.41, 5.74) is 0.770. The van der Waals surface area contributed by atoms with Crippen molar-refractivity contribution in [2.75, 3.05) is 17.3 Å². The summed E-state index contributed by atoms with van der Waals surface area (Å²) in [4.78, 5) is 10.6. The molecule has 1 aromatic rings. The maximum Gasteiger partial charge on any atom is 0.275 e. The van der Waals surface area contributed by atoms with Crippen LogP contribution in [-0.2, 0) is 0 Å². The molecule has 0 amide bonds. The van der Waals surface area contributed by atoms with Crippen LogP contribution in [0.1, 0.15) is 27.2 Å². The smallest absolute Gasteiger partial charge is 0.275 e. The Kier molecular flexibility index (Phi) is 6.64. The molecule has 1 atom stereocenters. The maximum absolute atomic E-state index is 11.0. The molecule has 0 fully saturated rings. The molecule has 0 aliphatic heterocycles. The molecule has 0 aliphatic rings. The molecule has 1 aromatic carbocycles. The summed E-state index contributed by atoms with van der Waals surface area (Å²) >= 11 is 1.79. The Hall–Kier alpha value is -1.43. The third-order valence-electron chi connectivity index (χ3n) is 2.64. The molecule has 1 unspecified atom stereocenters. The topological polar surface area (TPSA) is 64.4 Å². The number of anilines is 1. The lowest BCUT2D eigenvalue weighted by Crippen LogP contribution is -2.16. The van der Waals surface area contributed by atoms with E-state index in [1.54, 1.807) is 17.8 Å². The van der Waals surface area contributed by atoms with E-state index in [1.807, 2.05) is 19.9 Å². The largest absolute Gasteiger partial charge is 0.491 e. The van der Waals surface area contributed by atoms with Gasteiger partial charge in [0, 0.05) is 23.9 Å². The van der Waals surface area contributed by atoms with E-state index in [0.29, 0.717) is 5.75 Å². The van der Waals surface area contributed by atoms with Crippen molar-refractivity contribution in [1.29, 1.82) is 0 Å². The lowest BCUT2D eigenvalue weighted by atomic mass is 10.2. The lowest BCUT2D eigenvalue weighted by molar-refractivity contribution is -0.384. The lowest BCUT2D eigenvalue weighted by Gasteiger charge is -2.16. The monoisotopic (exact) mass is 298 g/mol. The van der Waals surface area contributed by atoms with Crippen molar-refractivity contribution in [3.63, 3.8) is 0 Å². The van der Waals surface area contributed by atoms with Crippen molar-refractivity contribution < 1.29 is 9.66 Å². The SMILES string of the molecule is CSCCC(C)Nc1cc(OC(C)C)cc([N+](=O)[O-])c1. The number of rotatable bonds is 8. The van der Waals surface area contributed by atoms with E-state index in [-0.39, 0.29) is 17.8 Å². The fourth-order valence-electron chi connectivity index (χ4n) is 1.76. The van der Waals surface area contributed by atoms with Gasteiger partial charge in [0.25, 0.3) is 5.69 Å². The maximum atomic E-state index is 11.0. The molecule has 1 N–H and O–H groups in total. The summed E-state index contributed by atoms with van der Waals surface area (Å²) < 4.78 is 5.56. The Labute approximate surface area is 124 Å². The number of nitro groups is 1. The summed E-state index contributed by atoms with van der Waals surface area (Å²) in [6.45, 7) is 5.86. The third kappa shape index (κ3) is 5.69. The first-order valence-electron chi connectivity index (χ1n) is 6.64. The number of nitrogens with one attached hydrogen (secondary N) is 1. The highest BCUT2D eigenvalue weighted by Crippen LogP contribution is 2.27. The van der Waals surface area contributed by atoms with Crippen LogP contribution in [-0.4, -0.2) is 29.1 Å². The summed E-state index contributed by atoms with van der Waals surface area (Å²) in [5, 5.41) is 14.3. The molecule has 0 spiro atoms. The van der Waals surface area contributed by atoms with Gasteiger partial charge in [-0.25, -0.2) is 0 Å². The average Bonchev–Trinajstić information content (AvgIpc) is 2.35. The zero-order chi connectivity index (χ0) is 15.1. The Morgan fingerprint density at radius 1 is 1.35 bits per heavy atom. The fraction of sp³-hybridized carbons (Fsp3) is 0.571. The minimum atomic E-state index is -0.398. The number of nitro benzene ring substituents is 1. The number of non-ortho nitro benzene ring substituents is 1. The summed E-state index contributed by atoms with van der Waals surface area (Å²) in [6, 6.07) is 5.07. The summed E-state index contributed by atoms with van der Waals surface area (Å²) in [6.07, 6.45) is 3.05. The second kappa shape index (κ2) is 7.99. The molecule has 5 nitrogen and oxygen atoms in total. The molecule has 0 saturated heterocycles. The van der Waals surface area contributed by atoms with Crippen LogP contribution in [0.2, 0.25) is 0 Å². The zero-order valence-corrected chi connectivity index (χ0v) is 13.2. The van der Waals surface area contributed by atoms with Crippen LogP contribution in [0.3, 0.4) is 0 Å². The molecule has 0 aliphatic carbocycles. The van der Waals surface area contributed by atoms with Crippen LogP contribution < -0.4 is 10.1 Å². The number of hydrogen-bond acceptors (Lipinski definition) is 5. The normalized spacial score (nSPS) is 12.2. The molecule has 20 heavy (non-hydrogen) atoms. The third-order valence-corrected chi connectivity index (χ3v) is 3.29. The average molecular weight is 298 g/mol. The fourth-order valence-corrected chi connectivity index (χ4v) is 2.35. The summed E-state index contributed by atoms with van der Waals surface area (Å²) in [5.74, 6) is 1.58. The van der Waals surface area contributed by atoms with Crippen molar-refractivity contribution in [1.82, 2.24) is 0 Å². The van der Waals surface area contributed by atoms with Gasteiger partial charge < -0.3 is 10.1 Å². The van der Waals surface area contributed by atoms with Gasteiger partial charge >= 0.3 is 0 Å². The van der Waals surface area contributed by atoms with E-state index < -0.39 is 4.92 Å². The quantitative estimate of drug-likeness (QED) is 0.582. The van der Waals surface area contributed by atoms with Gasteiger partial charge in [0.1, 0.15) is 5.75 Å². The first-order valence-corrected chi connectivity index (χ1v) is 8.03. The number of hydrogen-bond donors (Lipinski definition) is 1. The van der Waals surface area contributed by atoms with Crippen LogP contribution in [0.25, 0.3) is 0 Å². The highest BCUT2D eigenvalue weighted by atomic mass is 32.2. The number of benzene rings is 1. The first kappa shape index (κ1) is 16.6. The summed E-state index contributed by atoms with van der Waals surface area (Å²) in [7, 11) is 0. The van der Waals surface area contributed by atoms with Crippen LogP contribution in [0, 0.1) is 10.1 Å². The number of thioether (sulfide) groups is 1. The molecular formula is C14H22N2O3S. The van der Waals surface area contributed by atoms with E-state index in [4.69, 9.17) is 4.74 Å². The van der Waals surface area contributed by atoms with Gasteiger partial charge in [0.15, 0.2) is 0 Å².